The Hall–Kier alpha value is -1.84. The topological polar surface area (TPSA) is 52.6 Å². The first-order valence-electron chi connectivity index (χ1n) is 6.32. The van der Waals surface area contributed by atoms with E-state index >= 15 is 0 Å². The second-order valence-corrected chi connectivity index (χ2v) is 4.40. The Labute approximate surface area is 113 Å². The Morgan fingerprint density at radius 2 is 1.79 bits per heavy atom. The lowest BCUT2D eigenvalue weighted by Gasteiger charge is -2.20. The van der Waals surface area contributed by atoms with Crippen molar-refractivity contribution in [2.24, 2.45) is 5.92 Å². The van der Waals surface area contributed by atoms with E-state index in [1.165, 1.54) is 6.92 Å². The lowest BCUT2D eigenvalue weighted by atomic mass is 9.85. The molecule has 0 aromatic heterocycles. The summed E-state index contributed by atoms with van der Waals surface area (Å²) in [5.41, 5.74) is 0.911. The van der Waals surface area contributed by atoms with E-state index in [4.69, 9.17) is 9.47 Å². The number of Topliss-reactive ketones (excluding diaryl/α,β-unsaturated/α-hetero) is 1. The average molecular weight is 264 g/mol. The molecule has 4 heteroatoms. The van der Waals surface area contributed by atoms with Gasteiger partial charge in [-0.25, -0.2) is 0 Å². The second kappa shape index (κ2) is 6.92. The summed E-state index contributed by atoms with van der Waals surface area (Å²) in [5, 5.41) is 0. The summed E-state index contributed by atoms with van der Waals surface area (Å²) < 4.78 is 10.1. The molecule has 1 aromatic rings. The van der Waals surface area contributed by atoms with E-state index in [1.54, 1.807) is 14.0 Å². The maximum Gasteiger partial charge on any atom is 0.317 e. The molecule has 0 amide bonds. The van der Waals surface area contributed by atoms with Gasteiger partial charge in [0.15, 0.2) is 0 Å². The quantitative estimate of drug-likeness (QED) is 0.585. The van der Waals surface area contributed by atoms with Crippen molar-refractivity contribution in [1.82, 2.24) is 0 Å². The van der Waals surface area contributed by atoms with Gasteiger partial charge in [0.05, 0.1) is 13.7 Å². The highest BCUT2D eigenvalue weighted by atomic mass is 16.5. The van der Waals surface area contributed by atoms with Gasteiger partial charge < -0.3 is 9.47 Å². The summed E-state index contributed by atoms with van der Waals surface area (Å²) in [6, 6.07) is 7.35. The zero-order chi connectivity index (χ0) is 14.4. The van der Waals surface area contributed by atoms with Gasteiger partial charge in [-0.2, -0.15) is 0 Å². The van der Waals surface area contributed by atoms with Crippen LogP contribution in [-0.2, 0) is 14.3 Å². The maximum atomic E-state index is 11.9. The Balaban J connectivity index is 2.95. The van der Waals surface area contributed by atoms with Crippen LogP contribution in [0.1, 0.15) is 32.3 Å². The maximum absolute atomic E-state index is 11.9. The SMILES string of the molecule is CCOC(=O)C(C(C)=O)C(C)c1ccc(OC)cc1. The van der Waals surface area contributed by atoms with E-state index in [9.17, 15) is 9.59 Å². The van der Waals surface area contributed by atoms with E-state index in [2.05, 4.69) is 0 Å². The molecule has 2 atom stereocenters. The number of carbonyl (C=O) groups excluding carboxylic acids is 2. The number of hydrogen-bond donors (Lipinski definition) is 0. The standard InChI is InChI=1S/C15H20O4/c1-5-19-15(17)14(11(3)16)10(2)12-6-8-13(18-4)9-7-12/h6-10,14H,5H2,1-4H3. The molecule has 0 fully saturated rings. The fraction of sp³-hybridized carbons (Fsp3) is 0.467. The molecule has 0 bridgehead atoms. The van der Waals surface area contributed by atoms with Crippen LogP contribution in [0, 0.1) is 5.92 Å². The normalized spacial score (nSPS) is 13.5. The minimum atomic E-state index is -0.756. The Morgan fingerprint density at radius 1 is 1.21 bits per heavy atom. The number of ketones is 1. The zero-order valence-corrected chi connectivity index (χ0v) is 11.8. The highest BCUT2D eigenvalue weighted by molar-refractivity contribution is 5.98. The number of benzene rings is 1. The van der Waals surface area contributed by atoms with Crippen LogP contribution < -0.4 is 4.74 Å². The van der Waals surface area contributed by atoms with Gasteiger partial charge in [-0.3, -0.25) is 9.59 Å². The molecule has 19 heavy (non-hydrogen) atoms. The minimum absolute atomic E-state index is 0.179. The second-order valence-electron chi connectivity index (χ2n) is 4.40. The Bertz CT molecular complexity index is 436. The van der Waals surface area contributed by atoms with Gasteiger partial charge >= 0.3 is 5.97 Å². The average Bonchev–Trinajstić information content (AvgIpc) is 2.38. The molecule has 0 spiro atoms. The van der Waals surface area contributed by atoms with Crippen LogP contribution in [0.4, 0.5) is 0 Å². The molecule has 0 aliphatic carbocycles. The highest BCUT2D eigenvalue weighted by Gasteiger charge is 2.31. The molecule has 2 unspecified atom stereocenters. The number of esters is 1. The number of methoxy groups -OCH3 is 1. The van der Waals surface area contributed by atoms with E-state index < -0.39 is 11.9 Å². The molecule has 4 nitrogen and oxygen atoms in total. The van der Waals surface area contributed by atoms with Crippen molar-refractivity contribution in [3.05, 3.63) is 29.8 Å². The molecule has 0 heterocycles. The van der Waals surface area contributed by atoms with Crippen molar-refractivity contribution >= 4 is 11.8 Å². The van der Waals surface area contributed by atoms with E-state index in [-0.39, 0.29) is 18.3 Å². The molecule has 0 aliphatic heterocycles. The molecule has 1 aromatic carbocycles. The predicted octanol–water partition coefficient (Wildman–Crippen LogP) is 2.57. The summed E-state index contributed by atoms with van der Waals surface area (Å²) in [5.74, 6) is -0.873. The van der Waals surface area contributed by atoms with Crippen LogP contribution >= 0.6 is 0 Å². The number of hydrogen-bond acceptors (Lipinski definition) is 4. The summed E-state index contributed by atoms with van der Waals surface area (Å²) in [6.07, 6.45) is 0. The lowest BCUT2D eigenvalue weighted by Crippen LogP contribution is -2.29. The summed E-state index contributed by atoms with van der Waals surface area (Å²) in [4.78, 5) is 23.5. The molecular weight excluding hydrogens is 244 g/mol. The third kappa shape index (κ3) is 3.81. The van der Waals surface area contributed by atoms with Gasteiger partial charge in [0, 0.05) is 5.92 Å². The summed E-state index contributed by atoms with van der Waals surface area (Å²) in [6.45, 7) is 5.28. The van der Waals surface area contributed by atoms with Crippen molar-refractivity contribution in [3.8, 4) is 5.75 Å². The van der Waals surface area contributed by atoms with Crippen molar-refractivity contribution in [1.29, 1.82) is 0 Å². The van der Waals surface area contributed by atoms with Crippen LogP contribution in [0.15, 0.2) is 24.3 Å². The first-order valence-corrected chi connectivity index (χ1v) is 6.32. The monoisotopic (exact) mass is 264 g/mol. The van der Waals surface area contributed by atoms with Gasteiger partial charge in [-0.1, -0.05) is 19.1 Å². The molecule has 0 saturated heterocycles. The third-order valence-corrected chi connectivity index (χ3v) is 3.12. The first-order chi connectivity index (χ1) is 9.01. The molecular formula is C15H20O4. The van der Waals surface area contributed by atoms with E-state index in [0.717, 1.165) is 11.3 Å². The van der Waals surface area contributed by atoms with Crippen molar-refractivity contribution in [2.45, 2.75) is 26.7 Å². The van der Waals surface area contributed by atoms with Gasteiger partial charge in [0.25, 0.3) is 0 Å². The number of rotatable bonds is 6. The fourth-order valence-corrected chi connectivity index (χ4v) is 2.05. The predicted molar refractivity (Wildman–Crippen MR) is 72.2 cm³/mol. The first kappa shape index (κ1) is 15.2. The molecule has 0 radical (unpaired) electrons. The van der Waals surface area contributed by atoms with Gasteiger partial charge in [0.2, 0.25) is 0 Å². The van der Waals surface area contributed by atoms with Gasteiger partial charge in [-0.15, -0.1) is 0 Å². The number of carbonyl (C=O) groups is 2. The molecule has 1 rings (SSSR count). The Kier molecular flexibility index (Phi) is 5.55. The van der Waals surface area contributed by atoms with Crippen LogP contribution in [0.2, 0.25) is 0 Å². The zero-order valence-electron chi connectivity index (χ0n) is 11.8. The largest absolute Gasteiger partial charge is 0.497 e. The number of ether oxygens (including phenoxy) is 2. The molecule has 0 N–H and O–H groups in total. The van der Waals surface area contributed by atoms with Crippen molar-refractivity contribution in [2.75, 3.05) is 13.7 Å². The highest BCUT2D eigenvalue weighted by Crippen LogP contribution is 2.27. The molecule has 0 saturated carbocycles. The lowest BCUT2D eigenvalue weighted by molar-refractivity contribution is -0.151. The van der Waals surface area contributed by atoms with Crippen LogP contribution in [0.5, 0.6) is 5.75 Å². The van der Waals surface area contributed by atoms with Gasteiger partial charge in [-0.05, 0) is 31.5 Å². The minimum Gasteiger partial charge on any atom is -0.497 e. The third-order valence-electron chi connectivity index (χ3n) is 3.12. The van der Waals surface area contributed by atoms with Crippen molar-refractivity contribution < 1.29 is 19.1 Å². The smallest absolute Gasteiger partial charge is 0.317 e. The molecule has 104 valence electrons. The summed E-state index contributed by atoms with van der Waals surface area (Å²) in [7, 11) is 1.59. The summed E-state index contributed by atoms with van der Waals surface area (Å²) >= 11 is 0. The van der Waals surface area contributed by atoms with Gasteiger partial charge in [0.1, 0.15) is 17.5 Å². The van der Waals surface area contributed by atoms with Crippen LogP contribution in [0.3, 0.4) is 0 Å². The van der Waals surface area contributed by atoms with E-state index in [1.807, 2.05) is 31.2 Å². The molecule has 0 aliphatic rings. The Morgan fingerprint density at radius 3 is 2.21 bits per heavy atom. The van der Waals surface area contributed by atoms with Crippen LogP contribution in [0.25, 0.3) is 0 Å². The van der Waals surface area contributed by atoms with Crippen molar-refractivity contribution in [3.63, 3.8) is 0 Å². The fourth-order valence-electron chi connectivity index (χ4n) is 2.05. The van der Waals surface area contributed by atoms with E-state index in [0.29, 0.717) is 0 Å². The van der Waals surface area contributed by atoms with Crippen LogP contribution in [-0.4, -0.2) is 25.5 Å².